The van der Waals surface area contributed by atoms with E-state index in [4.69, 9.17) is 9.47 Å². The van der Waals surface area contributed by atoms with E-state index in [0.717, 1.165) is 96.8 Å². The highest BCUT2D eigenvalue weighted by Crippen LogP contribution is 2.34. The van der Waals surface area contributed by atoms with Crippen LogP contribution in [0.15, 0.2) is 79.0 Å². The number of carbonyl (C=O) groups excluding carboxylic acids is 3. The Kier molecular flexibility index (Phi) is 12.9. The number of aromatic nitrogens is 1. The molecule has 3 aromatic carbocycles. The standard InChI is InChI=1S/C49H54N8O5/c1-33-4-15-45(47(58)52-33)57-48(59)42-14-11-40(28-43(42)49(57)60)55-22-20-54(21-23-55)31-38-16-18-53(19-17-38)24-25-61-26-27-62-41-12-7-37(8-13-41)32-56-34(2)44(30-51)46(35(56)3)39-9-5-36(29-50)6-10-39/h5-14,28,38,45H,1,4,15-27,31-32H2,2-3H3,(H,52,58). The van der Waals surface area contributed by atoms with Gasteiger partial charge >= 0.3 is 0 Å². The van der Waals surface area contributed by atoms with E-state index < -0.39 is 17.9 Å². The van der Waals surface area contributed by atoms with Gasteiger partial charge in [-0.15, -0.1) is 0 Å². The predicted octanol–water partition coefficient (Wildman–Crippen LogP) is 5.88. The molecule has 3 fully saturated rings. The number of piperazine rings is 1. The highest BCUT2D eigenvalue weighted by atomic mass is 16.5. The van der Waals surface area contributed by atoms with Crippen LogP contribution >= 0.6 is 0 Å². The van der Waals surface area contributed by atoms with Crippen molar-refractivity contribution in [2.75, 3.05) is 77.1 Å². The van der Waals surface area contributed by atoms with Crippen molar-refractivity contribution in [3.05, 3.63) is 118 Å². The molecule has 320 valence electrons. The van der Waals surface area contributed by atoms with Crippen LogP contribution in [0.5, 0.6) is 5.75 Å². The summed E-state index contributed by atoms with van der Waals surface area (Å²) >= 11 is 0. The van der Waals surface area contributed by atoms with Crippen LogP contribution in [0.2, 0.25) is 0 Å². The van der Waals surface area contributed by atoms with E-state index in [2.05, 4.69) is 55.4 Å². The molecule has 3 saturated heterocycles. The molecule has 1 atom stereocenters. The van der Waals surface area contributed by atoms with Crippen LogP contribution in [-0.2, 0) is 16.1 Å². The molecule has 0 radical (unpaired) electrons. The minimum atomic E-state index is -0.805. The van der Waals surface area contributed by atoms with Gasteiger partial charge in [0, 0.05) is 74.1 Å². The molecule has 4 aromatic rings. The Morgan fingerprint density at radius 2 is 1.50 bits per heavy atom. The second-order valence-corrected chi connectivity index (χ2v) is 16.8. The maximum atomic E-state index is 13.4. The number of nitrogens with one attached hydrogen (secondary N) is 1. The first-order chi connectivity index (χ1) is 30.1. The van der Waals surface area contributed by atoms with Crippen molar-refractivity contribution in [2.24, 2.45) is 5.92 Å². The lowest BCUT2D eigenvalue weighted by atomic mass is 9.96. The number of hydrogen-bond donors (Lipinski definition) is 1. The van der Waals surface area contributed by atoms with Gasteiger partial charge in [0.15, 0.2) is 0 Å². The molecule has 1 N–H and O–H groups in total. The molecule has 0 aliphatic carbocycles. The average molecular weight is 835 g/mol. The van der Waals surface area contributed by atoms with E-state index in [1.807, 2.05) is 50.2 Å². The third-order valence-electron chi connectivity index (χ3n) is 13.0. The normalized spacial score (nSPS) is 18.7. The van der Waals surface area contributed by atoms with Gasteiger partial charge in [0.2, 0.25) is 5.91 Å². The zero-order valence-corrected chi connectivity index (χ0v) is 35.7. The third-order valence-corrected chi connectivity index (χ3v) is 13.0. The number of piperidine rings is 2. The molecular formula is C49H54N8O5. The van der Waals surface area contributed by atoms with Crippen LogP contribution in [0, 0.1) is 42.4 Å². The van der Waals surface area contributed by atoms with E-state index >= 15 is 0 Å². The minimum absolute atomic E-state index is 0.351. The predicted molar refractivity (Wildman–Crippen MR) is 236 cm³/mol. The van der Waals surface area contributed by atoms with Crippen LogP contribution in [0.25, 0.3) is 11.1 Å². The first kappa shape index (κ1) is 42.4. The first-order valence-electron chi connectivity index (χ1n) is 21.7. The Labute approximate surface area is 363 Å². The van der Waals surface area contributed by atoms with E-state index in [1.165, 1.54) is 12.8 Å². The van der Waals surface area contributed by atoms with Crippen molar-refractivity contribution >= 4 is 23.4 Å². The molecular weight excluding hydrogens is 781 g/mol. The summed E-state index contributed by atoms with van der Waals surface area (Å²) < 4.78 is 14.1. The number of fused-ring (bicyclic) bond motifs is 1. The largest absolute Gasteiger partial charge is 0.491 e. The van der Waals surface area contributed by atoms with Crippen molar-refractivity contribution in [2.45, 2.75) is 52.1 Å². The lowest BCUT2D eigenvalue weighted by Crippen LogP contribution is -2.51. The van der Waals surface area contributed by atoms with Crippen molar-refractivity contribution < 1.29 is 23.9 Å². The van der Waals surface area contributed by atoms with E-state index in [9.17, 15) is 24.9 Å². The highest BCUT2D eigenvalue weighted by Gasteiger charge is 2.44. The molecule has 8 rings (SSSR count). The molecule has 4 aliphatic heterocycles. The Morgan fingerprint density at radius 3 is 2.19 bits per heavy atom. The molecule has 1 aromatic heterocycles. The van der Waals surface area contributed by atoms with Gasteiger partial charge < -0.3 is 29.2 Å². The summed E-state index contributed by atoms with van der Waals surface area (Å²) in [6.45, 7) is 17.9. The Bertz CT molecular complexity index is 2410. The van der Waals surface area contributed by atoms with Crippen LogP contribution < -0.4 is 15.0 Å². The molecule has 0 spiro atoms. The van der Waals surface area contributed by atoms with E-state index in [1.54, 1.807) is 18.2 Å². The number of imide groups is 1. The van der Waals surface area contributed by atoms with E-state index in [0.29, 0.717) is 73.1 Å². The van der Waals surface area contributed by atoms with Gasteiger partial charge in [-0.3, -0.25) is 24.2 Å². The molecule has 3 amide bonds. The van der Waals surface area contributed by atoms with Gasteiger partial charge in [0.25, 0.3) is 11.8 Å². The molecule has 13 nitrogen and oxygen atoms in total. The Hall–Kier alpha value is -6.25. The topological polar surface area (TPSA) is 147 Å². The number of amides is 3. The number of allylic oxidation sites excluding steroid dienone is 1. The SMILES string of the molecule is C=C1CCC(N2C(=O)c3ccc(N4CCN(CC5CCN(CCOCCOc6ccc(Cn7c(C)c(C#N)c(-c8ccc(C#N)cc8)c7C)cc6)CC5)CC4)cc3C2=O)C(=O)N1. The molecule has 5 heterocycles. The summed E-state index contributed by atoms with van der Waals surface area (Å²) in [4.78, 5) is 47.6. The highest BCUT2D eigenvalue weighted by molar-refractivity contribution is 6.23. The number of nitrogens with zero attached hydrogens (tertiary/aromatic N) is 7. The van der Waals surface area contributed by atoms with Crippen LogP contribution in [0.3, 0.4) is 0 Å². The zero-order valence-electron chi connectivity index (χ0n) is 35.7. The third kappa shape index (κ3) is 9.02. The number of likely N-dealkylation sites (tertiary alicyclic amines) is 1. The van der Waals surface area contributed by atoms with Gasteiger partial charge in [0.1, 0.15) is 24.5 Å². The Morgan fingerprint density at radius 1 is 0.774 bits per heavy atom. The van der Waals surface area contributed by atoms with E-state index in [-0.39, 0.29) is 5.91 Å². The summed E-state index contributed by atoms with van der Waals surface area (Å²) in [5, 5.41) is 21.9. The average Bonchev–Trinajstić information content (AvgIpc) is 3.68. The molecule has 62 heavy (non-hydrogen) atoms. The summed E-state index contributed by atoms with van der Waals surface area (Å²) in [5.74, 6) is 0.314. The molecule has 0 bridgehead atoms. The quantitative estimate of drug-likeness (QED) is 0.121. The van der Waals surface area contributed by atoms with Crippen LogP contribution in [0.4, 0.5) is 5.69 Å². The van der Waals surface area contributed by atoms with Gasteiger partial charge in [-0.05, 0) is 112 Å². The fourth-order valence-corrected chi connectivity index (χ4v) is 9.39. The number of anilines is 1. The summed E-state index contributed by atoms with van der Waals surface area (Å²) in [6.07, 6.45) is 3.28. The maximum absolute atomic E-state index is 13.4. The Balaban J connectivity index is 0.709. The zero-order chi connectivity index (χ0) is 43.3. The first-order valence-corrected chi connectivity index (χ1v) is 21.7. The summed E-state index contributed by atoms with van der Waals surface area (Å²) in [7, 11) is 0. The summed E-state index contributed by atoms with van der Waals surface area (Å²) in [5.41, 5.74) is 8.43. The number of ether oxygens (including phenoxy) is 2. The number of benzene rings is 3. The van der Waals surface area contributed by atoms with Crippen molar-refractivity contribution in [3.63, 3.8) is 0 Å². The fraction of sp³-hybridized carbons (Fsp3) is 0.408. The number of hydrogen-bond acceptors (Lipinski definition) is 10. The number of rotatable bonds is 14. The van der Waals surface area contributed by atoms with Gasteiger partial charge in [-0.25, -0.2) is 0 Å². The van der Waals surface area contributed by atoms with Crippen LogP contribution in [-0.4, -0.2) is 115 Å². The lowest BCUT2D eigenvalue weighted by Gasteiger charge is -2.39. The van der Waals surface area contributed by atoms with Gasteiger partial charge in [0.05, 0.1) is 41.5 Å². The monoisotopic (exact) mass is 834 g/mol. The maximum Gasteiger partial charge on any atom is 0.262 e. The van der Waals surface area contributed by atoms with Crippen molar-refractivity contribution in [3.8, 4) is 29.0 Å². The van der Waals surface area contributed by atoms with Gasteiger partial charge in [-0.1, -0.05) is 30.8 Å². The lowest BCUT2D eigenvalue weighted by molar-refractivity contribution is -0.125. The van der Waals surface area contributed by atoms with Crippen molar-refractivity contribution in [1.29, 1.82) is 10.5 Å². The molecule has 0 saturated carbocycles. The van der Waals surface area contributed by atoms with Crippen molar-refractivity contribution in [1.82, 2.24) is 24.6 Å². The minimum Gasteiger partial charge on any atom is -0.491 e. The fourth-order valence-electron chi connectivity index (χ4n) is 9.39. The summed E-state index contributed by atoms with van der Waals surface area (Å²) in [6, 6.07) is 24.7. The van der Waals surface area contributed by atoms with Gasteiger partial charge in [-0.2, -0.15) is 10.5 Å². The second-order valence-electron chi connectivity index (χ2n) is 16.8. The second kappa shape index (κ2) is 18.8. The molecule has 1 unspecified atom stereocenters. The smallest absolute Gasteiger partial charge is 0.262 e. The number of nitriles is 2. The van der Waals surface area contributed by atoms with Crippen LogP contribution in [0.1, 0.15) is 74.5 Å². The molecule has 4 aliphatic rings. The molecule has 13 heteroatoms. The number of carbonyl (C=O) groups is 3.